The zero-order valence-corrected chi connectivity index (χ0v) is 9.32. The van der Waals surface area contributed by atoms with Crippen molar-refractivity contribution in [2.24, 2.45) is 5.92 Å². The predicted molar refractivity (Wildman–Crippen MR) is 57.5 cm³/mol. The van der Waals surface area contributed by atoms with Crippen LogP contribution in [0.15, 0.2) is 0 Å². The van der Waals surface area contributed by atoms with Crippen molar-refractivity contribution in [3.05, 3.63) is 0 Å². The zero-order chi connectivity index (χ0) is 11.4. The molecule has 2 aliphatic rings. The lowest BCUT2D eigenvalue weighted by molar-refractivity contribution is -0.123. The molecule has 0 spiro atoms. The van der Waals surface area contributed by atoms with Crippen molar-refractivity contribution in [2.75, 3.05) is 32.8 Å². The number of rotatable bonds is 4. The van der Waals surface area contributed by atoms with Crippen LogP contribution < -0.4 is 5.32 Å². The molecule has 1 heterocycles. The largest absolute Gasteiger partial charge is 0.361 e. The van der Waals surface area contributed by atoms with E-state index < -0.39 is 0 Å². The Morgan fingerprint density at radius 2 is 2.38 bits per heavy atom. The summed E-state index contributed by atoms with van der Waals surface area (Å²) in [7, 11) is 0. The van der Waals surface area contributed by atoms with Crippen LogP contribution in [-0.2, 0) is 9.53 Å². The lowest BCUT2D eigenvalue weighted by atomic mass is 10.3. The van der Waals surface area contributed by atoms with Crippen LogP contribution in [-0.4, -0.2) is 49.7 Å². The maximum Gasteiger partial charge on any atom is 0.234 e. The Labute approximate surface area is 95.4 Å². The van der Waals surface area contributed by atoms with Gasteiger partial charge in [-0.1, -0.05) is 0 Å². The minimum atomic E-state index is -0.384. The summed E-state index contributed by atoms with van der Waals surface area (Å²) in [6.07, 6.45) is 2.10. The summed E-state index contributed by atoms with van der Waals surface area (Å²) in [6, 6.07) is 2.07. The predicted octanol–water partition coefficient (Wildman–Crippen LogP) is -0.263. The summed E-state index contributed by atoms with van der Waals surface area (Å²) < 4.78 is 5.21. The van der Waals surface area contributed by atoms with Gasteiger partial charge in [0, 0.05) is 19.6 Å². The van der Waals surface area contributed by atoms with Gasteiger partial charge < -0.3 is 10.1 Å². The lowest BCUT2D eigenvalue weighted by Gasteiger charge is -2.28. The molecule has 1 aliphatic heterocycles. The molecule has 16 heavy (non-hydrogen) atoms. The standard InChI is InChI=1S/C11H17N3O2/c12-5-10-7-14(3-4-16-10)8-11(15)13-6-9-1-2-9/h9-10H,1-4,6-8H2,(H,13,15). The monoisotopic (exact) mass is 223 g/mol. The fraction of sp³-hybridized carbons (Fsp3) is 0.818. The number of carbonyl (C=O) groups excluding carboxylic acids is 1. The third-order valence-electron chi connectivity index (χ3n) is 2.95. The van der Waals surface area contributed by atoms with Gasteiger partial charge in [-0.25, -0.2) is 0 Å². The number of nitrogens with zero attached hydrogens (tertiary/aromatic N) is 2. The van der Waals surface area contributed by atoms with Crippen LogP contribution in [0.1, 0.15) is 12.8 Å². The number of morpholine rings is 1. The first-order valence-electron chi connectivity index (χ1n) is 5.78. The average molecular weight is 223 g/mol. The number of ether oxygens (including phenoxy) is 1. The highest BCUT2D eigenvalue weighted by molar-refractivity contribution is 5.78. The number of carbonyl (C=O) groups is 1. The van der Waals surface area contributed by atoms with Crippen LogP contribution >= 0.6 is 0 Å². The number of hydrogen-bond acceptors (Lipinski definition) is 4. The van der Waals surface area contributed by atoms with E-state index in [1.807, 2.05) is 4.90 Å². The molecular formula is C11H17N3O2. The van der Waals surface area contributed by atoms with Crippen molar-refractivity contribution in [3.63, 3.8) is 0 Å². The van der Waals surface area contributed by atoms with Crippen molar-refractivity contribution in [1.82, 2.24) is 10.2 Å². The van der Waals surface area contributed by atoms with Crippen LogP contribution in [0.2, 0.25) is 0 Å². The van der Waals surface area contributed by atoms with Crippen LogP contribution in [0, 0.1) is 17.2 Å². The van der Waals surface area contributed by atoms with E-state index >= 15 is 0 Å². The molecule has 1 unspecified atom stereocenters. The van der Waals surface area contributed by atoms with Crippen LogP contribution in [0.25, 0.3) is 0 Å². The molecule has 2 rings (SSSR count). The fourth-order valence-electron chi connectivity index (χ4n) is 1.76. The van der Waals surface area contributed by atoms with E-state index in [2.05, 4.69) is 11.4 Å². The summed E-state index contributed by atoms with van der Waals surface area (Å²) in [4.78, 5) is 13.5. The number of hydrogen-bond donors (Lipinski definition) is 1. The maximum absolute atomic E-state index is 11.6. The fourth-order valence-corrected chi connectivity index (χ4v) is 1.76. The number of amides is 1. The second kappa shape index (κ2) is 5.28. The molecular weight excluding hydrogens is 206 g/mol. The van der Waals surface area contributed by atoms with Gasteiger partial charge in [0.05, 0.1) is 19.2 Å². The quantitative estimate of drug-likeness (QED) is 0.713. The van der Waals surface area contributed by atoms with Gasteiger partial charge in [0.2, 0.25) is 5.91 Å². The molecule has 0 aromatic carbocycles. The minimum Gasteiger partial charge on any atom is -0.361 e. The normalized spacial score (nSPS) is 26.1. The van der Waals surface area contributed by atoms with Crippen molar-refractivity contribution in [3.8, 4) is 6.07 Å². The molecule has 0 bridgehead atoms. The lowest BCUT2D eigenvalue weighted by Crippen LogP contribution is -2.46. The molecule has 0 aromatic heterocycles. The smallest absolute Gasteiger partial charge is 0.234 e. The van der Waals surface area contributed by atoms with Crippen LogP contribution in [0.4, 0.5) is 0 Å². The molecule has 0 aromatic rings. The number of nitrogens with one attached hydrogen (secondary N) is 1. The summed E-state index contributed by atoms with van der Waals surface area (Å²) >= 11 is 0. The van der Waals surface area contributed by atoms with E-state index in [0.717, 1.165) is 13.1 Å². The Morgan fingerprint density at radius 1 is 1.56 bits per heavy atom. The third-order valence-corrected chi connectivity index (χ3v) is 2.95. The van der Waals surface area contributed by atoms with E-state index in [4.69, 9.17) is 10.00 Å². The third kappa shape index (κ3) is 3.47. The molecule has 1 atom stereocenters. The minimum absolute atomic E-state index is 0.0606. The van der Waals surface area contributed by atoms with Gasteiger partial charge in [0.15, 0.2) is 6.10 Å². The molecule has 2 fully saturated rings. The number of nitriles is 1. The Bertz CT molecular complexity index is 296. The van der Waals surface area contributed by atoms with E-state index in [1.54, 1.807) is 0 Å². The first-order valence-corrected chi connectivity index (χ1v) is 5.78. The highest BCUT2D eigenvalue weighted by Crippen LogP contribution is 2.27. The highest BCUT2D eigenvalue weighted by atomic mass is 16.5. The van der Waals surface area contributed by atoms with Gasteiger partial charge in [-0.05, 0) is 18.8 Å². The van der Waals surface area contributed by atoms with E-state index in [1.165, 1.54) is 12.8 Å². The van der Waals surface area contributed by atoms with Gasteiger partial charge in [-0.2, -0.15) is 5.26 Å². The molecule has 5 nitrogen and oxygen atoms in total. The second-order valence-electron chi connectivity index (χ2n) is 4.47. The summed E-state index contributed by atoms with van der Waals surface area (Å²) in [6.45, 7) is 3.00. The molecule has 1 saturated carbocycles. The molecule has 88 valence electrons. The summed E-state index contributed by atoms with van der Waals surface area (Å²) in [5.41, 5.74) is 0. The van der Waals surface area contributed by atoms with Gasteiger partial charge in [-0.3, -0.25) is 9.69 Å². The van der Waals surface area contributed by atoms with Gasteiger partial charge in [-0.15, -0.1) is 0 Å². The maximum atomic E-state index is 11.6. The Morgan fingerprint density at radius 3 is 3.06 bits per heavy atom. The van der Waals surface area contributed by atoms with Gasteiger partial charge >= 0.3 is 0 Å². The molecule has 1 N–H and O–H groups in total. The van der Waals surface area contributed by atoms with Gasteiger partial charge in [0.25, 0.3) is 0 Å². The van der Waals surface area contributed by atoms with Crippen molar-refractivity contribution in [2.45, 2.75) is 18.9 Å². The summed E-state index contributed by atoms with van der Waals surface area (Å²) in [5.74, 6) is 0.769. The van der Waals surface area contributed by atoms with Crippen molar-refractivity contribution in [1.29, 1.82) is 5.26 Å². The Kier molecular flexibility index (Phi) is 3.75. The highest BCUT2D eigenvalue weighted by Gasteiger charge is 2.24. The van der Waals surface area contributed by atoms with Crippen molar-refractivity contribution >= 4 is 5.91 Å². The second-order valence-corrected chi connectivity index (χ2v) is 4.47. The van der Waals surface area contributed by atoms with E-state index in [9.17, 15) is 4.79 Å². The van der Waals surface area contributed by atoms with E-state index in [-0.39, 0.29) is 12.0 Å². The first-order chi connectivity index (χ1) is 7.78. The van der Waals surface area contributed by atoms with Crippen molar-refractivity contribution < 1.29 is 9.53 Å². The molecule has 1 saturated heterocycles. The SMILES string of the molecule is N#CC1CN(CC(=O)NCC2CC2)CCO1. The molecule has 0 radical (unpaired) electrons. The molecule has 5 heteroatoms. The average Bonchev–Trinajstić information content (AvgIpc) is 3.10. The molecule has 1 aliphatic carbocycles. The summed E-state index contributed by atoms with van der Waals surface area (Å²) in [5, 5.41) is 11.6. The van der Waals surface area contributed by atoms with Gasteiger partial charge in [0.1, 0.15) is 0 Å². The first kappa shape index (κ1) is 11.4. The van der Waals surface area contributed by atoms with E-state index in [0.29, 0.717) is 25.6 Å². The van der Waals surface area contributed by atoms with Crippen LogP contribution in [0.3, 0.4) is 0 Å². The Balaban J connectivity index is 1.67. The zero-order valence-electron chi connectivity index (χ0n) is 9.32. The topological polar surface area (TPSA) is 65.4 Å². The Hall–Kier alpha value is -1.12. The molecule has 1 amide bonds. The van der Waals surface area contributed by atoms with Crippen LogP contribution in [0.5, 0.6) is 0 Å².